The van der Waals surface area contributed by atoms with Crippen molar-refractivity contribution in [3.63, 3.8) is 0 Å². The quantitative estimate of drug-likeness (QED) is 0.0250. The topological polar surface area (TPSA) is 132 Å². The van der Waals surface area contributed by atoms with Crippen molar-refractivity contribution in [3.8, 4) is 0 Å². The van der Waals surface area contributed by atoms with Crippen LogP contribution in [0.4, 0.5) is 0 Å². The molecule has 3 N–H and O–H groups in total. The number of aliphatic hydroxyl groups excluding tert-OH is 2. The van der Waals surface area contributed by atoms with E-state index in [2.05, 4.69) is 74.6 Å². The number of aliphatic hydroxyl groups is 2. The molecule has 10 heteroatoms. The smallest absolute Gasteiger partial charge is 0.457 e. The van der Waals surface area contributed by atoms with E-state index in [0.29, 0.717) is 13.0 Å². The van der Waals surface area contributed by atoms with Crippen molar-refractivity contribution in [1.29, 1.82) is 0 Å². The van der Waals surface area contributed by atoms with Gasteiger partial charge >= 0.3 is 13.8 Å². The largest absolute Gasteiger partial charge is 0.472 e. The summed E-state index contributed by atoms with van der Waals surface area (Å²) < 4.78 is 33.2. The fourth-order valence-corrected chi connectivity index (χ4v) is 5.53. The van der Waals surface area contributed by atoms with Gasteiger partial charge in [-0.15, -0.1) is 0 Å². The van der Waals surface area contributed by atoms with Crippen molar-refractivity contribution >= 4 is 13.8 Å². The van der Waals surface area contributed by atoms with Crippen LogP contribution in [0.25, 0.3) is 0 Å². The molecule has 3 atom stereocenters. The Bertz CT molecular complexity index is 960. The molecule has 290 valence electrons. The lowest BCUT2D eigenvalue weighted by Crippen LogP contribution is -2.29. The number of unbranched alkanes of at least 4 members (excludes halogenated alkanes) is 12. The van der Waals surface area contributed by atoms with Crippen LogP contribution in [0.1, 0.15) is 142 Å². The third-order valence-corrected chi connectivity index (χ3v) is 8.64. The van der Waals surface area contributed by atoms with Gasteiger partial charge in [0.2, 0.25) is 0 Å². The van der Waals surface area contributed by atoms with E-state index in [1.165, 1.54) is 38.5 Å². The Morgan fingerprint density at radius 1 is 0.640 bits per heavy atom. The van der Waals surface area contributed by atoms with Crippen molar-refractivity contribution in [2.24, 2.45) is 0 Å². The van der Waals surface area contributed by atoms with Gasteiger partial charge in [0.1, 0.15) is 12.2 Å². The third-order valence-electron chi connectivity index (χ3n) is 7.69. The number of rotatable bonds is 36. The molecule has 0 radical (unpaired) electrons. The van der Waals surface area contributed by atoms with Gasteiger partial charge in [-0.25, -0.2) is 4.57 Å². The lowest BCUT2D eigenvalue weighted by Gasteiger charge is -2.20. The first kappa shape index (κ1) is 48.2. The summed E-state index contributed by atoms with van der Waals surface area (Å²) in [7, 11) is -4.52. The normalized spacial score (nSPS) is 14.9. The van der Waals surface area contributed by atoms with Gasteiger partial charge in [0.15, 0.2) is 0 Å². The van der Waals surface area contributed by atoms with E-state index in [1.807, 2.05) is 0 Å². The van der Waals surface area contributed by atoms with Crippen LogP contribution >= 0.6 is 7.82 Å². The van der Waals surface area contributed by atoms with Crippen molar-refractivity contribution in [3.05, 3.63) is 60.8 Å². The second-order valence-corrected chi connectivity index (χ2v) is 14.0. The first-order chi connectivity index (χ1) is 24.3. The number of phosphoric ester groups is 1. The van der Waals surface area contributed by atoms with Crippen LogP contribution in [0.15, 0.2) is 60.8 Å². The van der Waals surface area contributed by atoms with E-state index in [4.69, 9.17) is 23.6 Å². The molecule has 0 heterocycles. The number of phosphoric acid groups is 1. The number of allylic oxidation sites excluding steroid dienone is 10. The molecule has 0 aliphatic heterocycles. The molecule has 0 spiro atoms. The zero-order valence-electron chi connectivity index (χ0n) is 31.3. The molecule has 0 rings (SSSR count). The standard InChI is InChI=1S/C40H71O9P/c1-3-5-7-9-11-13-15-17-18-19-20-21-22-24-26-28-30-32-40(43)49-39(37-48-50(44,45)47-35-38(42)34-41)36-46-33-31-29-27-25-23-16-14-12-10-8-6-4-2/h5,7,10-13,17-18,20-21,38-39,41-42H,3-4,6,8-9,14-16,19,22-37H2,1-2H3,(H,44,45)/b7-5-,12-10-,13-11-,18-17-,21-20-. The number of hydrogen-bond donors (Lipinski definition) is 3. The highest BCUT2D eigenvalue weighted by Gasteiger charge is 2.26. The highest BCUT2D eigenvalue weighted by Crippen LogP contribution is 2.43. The molecule has 0 saturated carbocycles. The SMILES string of the molecule is CC/C=C\C/C=C\C/C=C\C/C=C\CCCCCCC(=O)OC(COCCCCCCCC/C=C\CCCC)COP(=O)(O)OCC(O)CO. The molecule has 9 nitrogen and oxygen atoms in total. The summed E-state index contributed by atoms with van der Waals surface area (Å²) in [6.07, 6.45) is 40.3. The number of hydrogen-bond acceptors (Lipinski definition) is 8. The summed E-state index contributed by atoms with van der Waals surface area (Å²) in [5.74, 6) is -0.411. The maximum Gasteiger partial charge on any atom is 0.472 e. The van der Waals surface area contributed by atoms with Crippen molar-refractivity contribution in [2.45, 2.75) is 154 Å². The van der Waals surface area contributed by atoms with Crippen LogP contribution in [0.2, 0.25) is 0 Å². The molecule has 0 aliphatic rings. The van der Waals surface area contributed by atoms with Gasteiger partial charge in [-0.3, -0.25) is 13.8 Å². The Labute approximate surface area is 304 Å². The van der Waals surface area contributed by atoms with Gasteiger partial charge in [-0.05, 0) is 70.6 Å². The van der Waals surface area contributed by atoms with E-state index >= 15 is 0 Å². The average Bonchev–Trinajstić information content (AvgIpc) is 3.10. The Balaban J connectivity index is 4.30. The Kier molecular flexibility index (Phi) is 35.6. The third kappa shape index (κ3) is 36.0. The number of carbonyl (C=O) groups excluding carboxylic acids is 1. The van der Waals surface area contributed by atoms with Crippen molar-refractivity contribution < 1.29 is 43.0 Å². The van der Waals surface area contributed by atoms with Crippen LogP contribution in [0, 0.1) is 0 Å². The summed E-state index contributed by atoms with van der Waals surface area (Å²) in [6, 6.07) is 0. The first-order valence-corrected chi connectivity index (χ1v) is 20.8. The minimum Gasteiger partial charge on any atom is -0.457 e. The second kappa shape index (κ2) is 36.9. The summed E-state index contributed by atoms with van der Waals surface area (Å²) in [5, 5.41) is 18.3. The highest BCUT2D eigenvalue weighted by atomic mass is 31.2. The van der Waals surface area contributed by atoms with E-state index in [1.54, 1.807) is 0 Å². The Morgan fingerprint density at radius 2 is 1.14 bits per heavy atom. The molecule has 0 aromatic heterocycles. The Hall–Kier alpha value is -1.84. The molecule has 0 aromatic rings. The van der Waals surface area contributed by atoms with E-state index < -0.39 is 45.8 Å². The van der Waals surface area contributed by atoms with Crippen LogP contribution in [0.3, 0.4) is 0 Å². The molecular formula is C40H71O9P. The molecule has 0 bridgehead atoms. The van der Waals surface area contributed by atoms with E-state index in [9.17, 15) is 19.4 Å². The van der Waals surface area contributed by atoms with E-state index in [-0.39, 0.29) is 13.0 Å². The van der Waals surface area contributed by atoms with Gasteiger partial charge < -0.3 is 24.6 Å². The maximum absolute atomic E-state index is 12.6. The van der Waals surface area contributed by atoms with Crippen LogP contribution in [0.5, 0.6) is 0 Å². The van der Waals surface area contributed by atoms with Gasteiger partial charge in [-0.1, -0.05) is 126 Å². The molecule has 3 unspecified atom stereocenters. The van der Waals surface area contributed by atoms with Crippen LogP contribution < -0.4 is 0 Å². The minimum atomic E-state index is -4.52. The van der Waals surface area contributed by atoms with Gasteiger partial charge in [0.05, 0.1) is 26.4 Å². The summed E-state index contributed by atoms with van der Waals surface area (Å²) >= 11 is 0. The number of carbonyl (C=O) groups is 1. The monoisotopic (exact) mass is 726 g/mol. The van der Waals surface area contributed by atoms with Gasteiger partial charge in [0.25, 0.3) is 0 Å². The molecule has 50 heavy (non-hydrogen) atoms. The minimum absolute atomic E-state index is 0.0320. The summed E-state index contributed by atoms with van der Waals surface area (Å²) in [5.41, 5.74) is 0. The number of esters is 1. The average molecular weight is 727 g/mol. The zero-order valence-corrected chi connectivity index (χ0v) is 32.2. The second-order valence-electron chi connectivity index (χ2n) is 12.6. The van der Waals surface area contributed by atoms with Crippen LogP contribution in [-0.2, 0) is 27.9 Å². The van der Waals surface area contributed by atoms with Crippen molar-refractivity contribution in [2.75, 3.05) is 33.0 Å². The predicted octanol–water partition coefficient (Wildman–Crippen LogP) is 10.0. The van der Waals surface area contributed by atoms with Crippen LogP contribution in [-0.4, -0.2) is 66.3 Å². The summed E-state index contributed by atoms with van der Waals surface area (Å²) in [6.45, 7) is 3.29. The van der Waals surface area contributed by atoms with Gasteiger partial charge in [0, 0.05) is 13.0 Å². The highest BCUT2D eigenvalue weighted by molar-refractivity contribution is 7.47. The zero-order chi connectivity index (χ0) is 36.8. The molecule has 0 aliphatic carbocycles. The lowest BCUT2D eigenvalue weighted by molar-refractivity contribution is -0.154. The molecule has 0 amide bonds. The lowest BCUT2D eigenvalue weighted by atomic mass is 10.1. The Morgan fingerprint density at radius 3 is 1.74 bits per heavy atom. The fraction of sp³-hybridized carbons (Fsp3) is 0.725. The molecular weight excluding hydrogens is 655 g/mol. The number of ether oxygens (including phenoxy) is 2. The van der Waals surface area contributed by atoms with Gasteiger partial charge in [-0.2, -0.15) is 0 Å². The molecule has 0 saturated heterocycles. The first-order valence-electron chi connectivity index (χ1n) is 19.3. The van der Waals surface area contributed by atoms with Crippen molar-refractivity contribution in [1.82, 2.24) is 0 Å². The van der Waals surface area contributed by atoms with E-state index in [0.717, 1.165) is 77.0 Å². The summed E-state index contributed by atoms with van der Waals surface area (Å²) in [4.78, 5) is 22.5. The molecule has 0 fully saturated rings. The fourth-order valence-electron chi connectivity index (χ4n) is 4.74. The molecule has 0 aromatic carbocycles. The predicted molar refractivity (Wildman–Crippen MR) is 205 cm³/mol. The maximum atomic E-state index is 12.6.